The van der Waals surface area contributed by atoms with Gasteiger partial charge in [0.05, 0.1) is 13.2 Å². The number of hydrogen-bond acceptors (Lipinski definition) is 3. The zero-order valence-electron chi connectivity index (χ0n) is 16.2. The lowest BCUT2D eigenvalue weighted by Crippen LogP contribution is -2.38. The third kappa shape index (κ3) is 4.31. The van der Waals surface area contributed by atoms with E-state index >= 15 is 0 Å². The molecule has 0 saturated carbocycles. The fourth-order valence-corrected chi connectivity index (χ4v) is 3.45. The molecular weight excluding hydrogens is 338 g/mol. The van der Waals surface area contributed by atoms with E-state index in [1.807, 2.05) is 48.5 Å². The number of nitrogens with zero attached hydrogens (tertiary/aromatic N) is 1. The first-order valence-corrected chi connectivity index (χ1v) is 9.40. The largest absolute Gasteiger partial charge is 0.497 e. The third-order valence-electron chi connectivity index (χ3n) is 4.96. The number of likely N-dealkylation sites (N-methyl/N-ethyl adjacent to an activating group) is 1. The number of carbonyl (C=O) groups excluding carboxylic acids is 1. The van der Waals surface area contributed by atoms with Gasteiger partial charge in [-0.25, -0.2) is 0 Å². The Morgan fingerprint density at radius 3 is 2.59 bits per heavy atom. The van der Waals surface area contributed by atoms with Crippen molar-refractivity contribution in [1.82, 2.24) is 15.2 Å². The van der Waals surface area contributed by atoms with Crippen LogP contribution in [0, 0.1) is 0 Å². The van der Waals surface area contributed by atoms with Crippen LogP contribution in [0.15, 0.2) is 54.6 Å². The Morgan fingerprint density at radius 2 is 1.89 bits per heavy atom. The molecular formula is C22H27N3O2. The number of aromatic nitrogens is 1. The van der Waals surface area contributed by atoms with Crippen LogP contribution in [0.1, 0.15) is 35.9 Å². The van der Waals surface area contributed by atoms with Crippen LogP contribution in [0.25, 0.3) is 10.9 Å². The highest BCUT2D eigenvalue weighted by molar-refractivity contribution is 5.97. The lowest BCUT2D eigenvalue weighted by atomic mass is 10.0. The minimum Gasteiger partial charge on any atom is -0.497 e. The van der Waals surface area contributed by atoms with E-state index in [1.54, 1.807) is 7.11 Å². The summed E-state index contributed by atoms with van der Waals surface area (Å²) >= 11 is 0. The van der Waals surface area contributed by atoms with Gasteiger partial charge in [-0.05, 0) is 42.9 Å². The molecule has 142 valence electrons. The van der Waals surface area contributed by atoms with Gasteiger partial charge < -0.3 is 15.0 Å². The lowest BCUT2D eigenvalue weighted by Gasteiger charge is -2.30. The first-order chi connectivity index (χ1) is 13.2. The lowest BCUT2D eigenvalue weighted by molar-refractivity contribution is 0.0931. The average molecular weight is 365 g/mol. The van der Waals surface area contributed by atoms with Gasteiger partial charge in [0.1, 0.15) is 11.4 Å². The molecule has 0 radical (unpaired) electrons. The van der Waals surface area contributed by atoms with Gasteiger partial charge in [0.2, 0.25) is 0 Å². The SMILES string of the molecule is CCN(CC)C(CNC(=O)c1cc2ccccc2[nH]1)c1cccc(OC)c1. The average Bonchev–Trinajstić information content (AvgIpc) is 3.15. The van der Waals surface area contributed by atoms with Crippen molar-refractivity contribution in [2.45, 2.75) is 19.9 Å². The molecule has 5 heteroatoms. The molecule has 3 rings (SSSR count). The highest BCUT2D eigenvalue weighted by atomic mass is 16.5. The van der Waals surface area contributed by atoms with Crippen molar-refractivity contribution in [3.8, 4) is 5.75 Å². The fraction of sp³-hybridized carbons (Fsp3) is 0.318. The van der Waals surface area contributed by atoms with E-state index in [-0.39, 0.29) is 11.9 Å². The number of rotatable bonds is 8. The second kappa shape index (κ2) is 8.73. The topological polar surface area (TPSA) is 57.4 Å². The standard InChI is InChI=1S/C22H27N3O2/c1-4-25(5-2)21(17-10-8-11-18(13-17)27-3)15-23-22(26)20-14-16-9-6-7-12-19(16)24-20/h6-14,21,24H,4-5,15H2,1-3H3,(H,23,26). The number of benzene rings is 2. The van der Waals surface area contributed by atoms with Crippen LogP contribution < -0.4 is 10.1 Å². The summed E-state index contributed by atoms with van der Waals surface area (Å²) in [7, 11) is 1.67. The summed E-state index contributed by atoms with van der Waals surface area (Å²) in [6, 6.07) is 17.9. The molecule has 1 amide bonds. The van der Waals surface area contributed by atoms with Gasteiger partial charge >= 0.3 is 0 Å². The summed E-state index contributed by atoms with van der Waals surface area (Å²) in [5, 5.41) is 4.13. The number of para-hydroxylation sites is 1. The van der Waals surface area contributed by atoms with Crippen molar-refractivity contribution in [1.29, 1.82) is 0 Å². The minimum absolute atomic E-state index is 0.0865. The van der Waals surface area contributed by atoms with Crippen LogP contribution in [0.4, 0.5) is 0 Å². The quantitative estimate of drug-likeness (QED) is 0.635. The van der Waals surface area contributed by atoms with Gasteiger partial charge in [-0.2, -0.15) is 0 Å². The molecule has 0 aliphatic rings. The number of amides is 1. The number of ether oxygens (including phenoxy) is 1. The maximum absolute atomic E-state index is 12.7. The van der Waals surface area contributed by atoms with E-state index in [0.29, 0.717) is 12.2 Å². The molecule has 1 aromatic heterocycles. The summed E-state index contributed by atoms with van der Waals surface area (Å²) in [6.45, 7) is 6.61. The van der Waals surface area contributed by atoms with Gasteiger partial charge in [0.15, 0.2) is 0 Å². The normalized spacial score (nSPS) is 12.3. The molecule has 27 heavy (non-hydrogen) atoms. The third-order valence-corrected chi connectivity index (χ3v) is 4.96. The molecule has 3 aromatic rings. The summed E-state index contributed by atoms with van der Waals surface area (Å²) < 4.78 is 5.37. The Balaban J connectivity index is 1.78. The maximum Gasteiger partial charge on any atom is 0.267 e. The zero-order valence-corrected chi connectivity index (χ0v) is 16.2. The molecule has 2 aromatic carbocycles. The smallest absolute Gasteiger partial charge is 0.267 e. The molecule has 1 unspecified atom stereocenters. The molecule has 0 aliphatic carbocycles. The first kappa shape index (κ1) is 19.0. The highest BCUT2D eigenvalue weighted by Crippen LogP contribution is 2.24. The van der Waals surface area contributed by atoms with E-state index in [1.165, 1.54) is 0 Å². The zero-order chi connectivity index (χ0) is 19.2. The van der Waals surface area contributed by atoms with Crippen LogP contribution in [-0.4, -0.2) is 42.5 Å². The fourth-order valence-electron chi connectivity index (χ4n) is 3.45. The molecule has 2 N–H and O–H groups in total. The maximum atomic E-state index is 12.7. The molecule has 0 saturated heterocycles. The van der Waals surface area contributed by atoms with Gasteiger partial charge in [-0.1, -0.05) is 44.2 Å². The van der Waals surface area contributed by atoms with Gasteiger partial charge in [-0.15, -0.1) is 0 Å². The summed E-state index contributed by atoms with van der Waals surface area (Å²) in [4.78, 5) is 18.2. The Labute approximate surface area is 160 Å². The molecule has 1 heterocycles. The summed E-state index contributed by atoms with van der Waals surface area (Å²) in [6.07, 6.45) is 0. The van der Waals surface area contributed by atoms with Crippen LogP contribution in [0.3, 0.4) is 0 Å². The van der Waals surface area contributed by atoms with Crippen LogP contribution in [-0.2, 0) is 0 Å². The van der Waals surface area contributed by atoms with Gasteiger partial charge in [-0.3, -0.25) is 9.69 Å². The Hall–Kier alpha value is -2.79. The van der Waals surface area contributed by atoms with Crippen LogP contribution >= 0.6 is 0 Å². The van der Waals surface area contributed by atoms with Crippen molar-refractivity contribution in [2.24, 2.45) is 0 Å². The molecule has 5 nitrogen and oxygen atoms in total. The molecule has 0 aliphatic heterocycles. The van der Waals surface area contributed by atoms with Crippen molar-refractivity contribution < 1.29 is 9.53 Å². The summed E-state index contributed by atoms with van der Waals surface area (Å²) in [5.41, 5.74) is 2.69. The second-order valence-electron chi connectivity index (χ2n) is 6.49. The monoisotopic (exact) mass is 365 g/mol. The van der Waals surface area contributed by atoms with E-state index in [4.69, 9.17) is 4.74 Å². The Kier molecular flexibility index (Phi) is 6.14. The molecule has 1 atom stereocenters. The number of aromatic amines is 1. The van der Waals surface area contributed by atoms with Crippen LogP contribution in [0.2, 0.25) is 0 Å². The number of carbonyl (C=O) groups is 1. The number of nitrogens with one attached hydrogen (secondary N) is 2. The van der Waals surface area contributed by atoms with E-state index in [0.717, 1.165) is 35.3 Å². The van der Waals surface area contributed by atoms with Crippen molar-refractivity contribution in [3.05, 3.63) is 65.9 Å². The number of fused-ring (bicyclic) bond motifs is 1. The highest BCUT2D eigenvalue weighted by Gasteiger charge is 2.20. The van der Waals surface area contributed by atoms with Crippen molar-refractivity contribution in [3.63, 3.8) is 0 Å². The number of H-pyrrole nitrogens is 1. The van der Waals surface area contributed by atoms with Crippen molar-refractivity contribution in [2.75, 3.05) is 26.7 Å². The molecule has 0 fully saturated rings. The minimum atomic E-state index is -0.0914. The predicted octanol–water partition coefficient (Wildman–Crippen LogP) is 3.99. The van der Waals surface area contributed by atoms with Crippen LogP contribution in [0.5, 0.6) is 5.75 Å². The number of methoxy groups -OCH3 is 1. The van der Waals surface area contributed by atoms with Gasteiger partial charge in [0.25, 0.3) is 5.91 Å². The number of hydrogen-bond donors (Lipinski definition) is 2. The summed E-state index contributed by atoms with van der Waals surface area (Å²) in [5.74, 6) is 0.734. The molecule has 0 bridgehead atoms. The van der Waals surface area contributed by atoms with Crippen molar-refractivity contribution >= 4 is 16.8 Å². The Bertz CT molecular complexity index is 866. The first-order valence-electron chi connectivity index (χ1n) is 9.40. The van der Waals surface area contributed by atoms with Gasteiger partial charge in [0, 0.05) is 17.4 Å². The molecule has 0 spiro atoms. The second-order valence-corrected chi connectivity index (χ2v) is 6.49. The predicted molar refractivity (Wildman–Crippen MR) is 109 cm³/mol. The van der Waals surface area contributed by atoms with E-state index < -0.39 is 0 Å². The van der Waals surface area contributed by atoms with E-state index in [2.05, 4.69) is 35.1 Å². The van der Waals surface area contributed by atoms with E-state index in [9.17, 15) is 4.79 Å². The Morgan fingerprint density at radius 1 is 1.11 bits per heavy atom.